The lowest BCUT2D eigenvalue weighted by Crippen LogP contribution is -2.10. The van der Waals surface area contributed by atoms with Crippen molar-refractivity contribution >= 4 is 173 Å². The lowest BCUT2D eigenvalue weighted by molar-refractivity contribution is 0.672. The number of fused-ring (bicyclic) bond motifs is 17. The van der Waals surface area contributed by atoms with E-state index >= 15 is 0 Å². The molecule has 4 nitrogen and oxygen atoms in total. The summed E-state index contributed by atoms with van der Waals surface area (Å²) in [7, 11) is 0. The highest BCUT2D eigenvalue weighted by atomic mass is 32.1. The first-order valence-electron chi connectivity index (χ1n) is 27.0. The SMILES string of the molecule is CC(C)c1ccc(N(c2ccc3c(c2)oc2c4ccccc4ccc32)c2ccc3c(c2)sc2cc4cc5c(cc4cc23)sc2cc(N(c3ccc(C(C)C)cc3)c3ccc4c(c3)oc3c6ccccc6ccc43)ccc25)cc1. The molecule has 16 aromatic rings. The van der Waals surface area contributed by atoms with E-state index in [9.17, 15) is 0 Å². The molecule has 12 aromatic carbocycles. The zero-order valence-corrected chi connectivity index (χ0v) is 45.1. The number of nitrogens with zero attached hydrogens (tertiary/aromatic N) is 2. The zero-order chi connectivity index (χ0) is 51.9. The molecule has 0 aliphatic heterocycles. The van der Waals surface area contributed by atoms with E-state index in [1.54, 1.807) is 0 Å². The van der Waals surface area contributed by atoms with E-state index in [-0.39, 0.29) is 0 Å². The Bertz CT molecular complexity index is 4790. The summed E-state index contributed by atoms with van der Waals surface area (Å²) in [6, 6.07) is 80.8. The molecular formula is C72H50N2O2S2. The van der Waals surface area contributed by atoms with Gasteiger partial charge in [-0.15, -0.1) is 22.7 Å². The maximum Gasteiger partial charge on any atom is 0.143 e. The van der Waals surface area contributed by atoms with Gasteiger partial charge >= 0.3 is 0 Å². The van der Waals surface area contributed by atoms with Crippen LogP contribution in [0.4, 0.5) is 34.1 Å². The van der Waals surface area contributed by atoms with Gasteiger partial charge in [-0.05, 0) is 154 Å². The molecule has 0 saturated heterocycles. The quantitative estimate of drug-likeness (QED) is 0.152. The van der Waals surface area contributed by atoms with Gasteiger partial charge in [-0.2, -0.15) is 0 Å². The predicted molar refractivity (Wildman–Crippen MR) is 337 cm³/mol. The normalized spacial score (nSPS) is 12.3. The largest absolute Gasteiger partial charge is 0.455 e. The summed E-state index contributed by atoms with van der Waals surface area (Å²) in [4.78, 5) is 4.75. The number of anilines is 6. The van der Waals surface area contributed by atoms with E-state index in [2.05, 4.69) is 256 Å². The van der Waals surface area contributed by atoms with Crippen molar-refractivity contribution in [2.24, 2.45) is 0 Å². The minimum absolute atomic E-state index is 0.440. The number of furan rings is 2. The smallest absolute Gasteiger partial charge is 0.143 e. The second-order valence-corrected chi connectivity index (χ2v) is 23.8. The van der Waals surface area contributed by atoms with Gasteiger partial charge < -0.3 is 18.6 Å². The van der Waals surface area contributed by atoms with Crippen molar-refractivity contribution in [3.63, 3.8) is 0 Å². The molecule has 0 unspecified atom stereocenters. The summed E-state index contributed by atoms with van der Waals surface area (Å²) in [5, 5.41) is 16.8. The van der Waals surface area contributed by atoms with Gasteiger partial charge in [-0.25, -0.2) is 0 Å². The highest BCUT2D eigenvalue weighted by molar-refractivity contribution is 7.26. The molecule has 0 spiro atoms. The van der Waals surface area contributed by atoms with E-state index in [0.29, 0.717) is 11.8 Å². The Hall–Kier alpha value is -8.94. The average molecular weight is 1040 g/mol. The van der Waals surface area contributed by atoms with Crippen LogP contribution in [0.5, 0.6) is 0 Å². The van der Waals surface area contributed by atoms with Crippen molar-refractivity contribution in [2.45, 2.75) is 39.5 Å². The van der Waals surface area contributed by atoms with Gasteiger partial charge in [0.1, 0.15) is 22.3 Å². The highest BCUT2D eigenvalue weighted by Gasteiger charge is 2.22. The standard InChI is InChI=1S/C72H50N2O2S2/c1-41(2)43-13-19-49(20-14-43)73(51-23-29-57-61-27-17-45-9-5-7-11-55(45)71(61)75-65(57)37-51)53-25-31-59-63-33-47-36-68-64(34-48(47)35-67(63)77-69(59)39-53)60-32-26-54(40-70(60)78-68)74(50-21-15-44(16-22-50)42(3)4)52-24-30-58-62-28-18-46-10-6-8-12-56(46)72(62)76-66(58)38-52/h5-42H,1-4H3. The Morgan fingerprint density at radius 1 is 0.282 bits per heavy atom. The summed E-state index contributed by atoms with van der Waals surface area (Å²) in [5.41, 5.74) is 12.8. The van der Waals surface area contributed by atoms with Crippen molar-refractivity contribution in [2.75, 3.05) is 9.80 Å². The monoisotopic (exact) mass is 1040 g/mol. The Morgan fingerprint density at radius 2 is 0.641 bits per heavy atom. The van der Waals surface area contributed by atoms with E-state index in [0.717, 1.165) is 88.8 Å². The molecule has 0 N–H and O–H groups in total. The van der Waals surface area contributed by atoms with Gasteiger partial charge in [0.25, 0.3) is 0 Å². The lowest BCUT2D eigenvalue weighted by atomic mass is 10.0. The molecule has 6 heteroatoms. The van der Waals surface area contributed by atoms with E-state index < -0.39 is 0 Å². The number of rotatable bonds is 8. The first-order chi connectivity index (χ1) is 38.2. The average Bonchev–Trinajstić information content (AvgIpc) is 4.45. The molecule has 372 valence electrons. The van der Waals surface area contributed by atoms with Crippen LogP contribution >= 0.6 is 22.7 Å². The van der Waals surface area contributed by atoms with Crippen LogP contribution < -0.4 is 9.80 Å². The summed E-state index contributed by atoms with van der Waals surface area (Å²) >= 11 is 3.75. The van der Waals surface area contributed by atoms with Crippen molar-refractivity contribution in [3.8, 4) is 0 Å². The molecular weight excluding hydrogens is 989 g/mol. The molecule has 4 aromatic heterocycles. The van der Waals surface area contributed by atoms with Crippen molar-refractivity contribution < 1.29 is 8.83 Å². The fourth-order valence-electron chi connectivity index (χ4n) is 12.2. The Labute approximate surface area is 458 Å². The third-order valence-electron chi connectivity index (χ3n) is 16.4. The fourth-order valence-corrected chi connectivity index (χ4v) is 14.6. The molecule has 0 fully saturated rings. The molecule has 0 radical (unpaired) electrons. The van der Waals surface area contributed by atoms with Crippen molar-refractivity contribution in [1.29, 1.82) is 0 Å². The minimum atomic E-state index is 0.440. The van der Waals surface area contributed by atoms with Gasteiger partial charge in [0.2, 0.25) is 0 Å². The highest BCUT2D eigenvalue weighted by Crippen LogP contribution is 2.47. The van der Waals surface area contributed by atoms with E-state index in [4.69, 9.17) is 8.83 Å². The first kappa shape index (κ1) is 45.3. The van der Waals surface area contributed by atoms with Crippen molar-refractivity contribution in [1.82, 2.24) is 0 Å². The molecule has 0 atom stereocenters. The lowest BCUT2D eigenvalue weighted by Gasteiger charge is -2.26. The third-order valence-corrected chi connectivity index (χ3v) is 18.6. The fraction of sp³-hybridized carbons (Fsp3) is 0.0833. The Balaban J connectivity index is 0.785. The molecule has 0 amide bonds. The molecule has 78 heavy (non-hydrogen) atoms. The van der Waals surface area contributed by atoms with Gasteiger partial charge in [-0.1, -0.05) is 125 Å². The Morgan fingerprint density at radius 3 is 1.06 bits per heavy atom. The third kappa shape index (κ3) is 7.10. The van der Waals surface area contributed by atoms with E-state index in [1.807, 2.05) is 22.7 Å². The second-order valence-electron chi connectivity index (χ2n) is 21.7. The number of hydrogen-bond acceptors (Lipinski definition) is 6. The first-order valence-corrected chi connectivity index (χ1v) is 28.6. The summed E-state index contributed by atoms with van der Waals surface area (Å²) in [5.74, 6) is 0.881. The molecule has 4 heterocycles. The van der Waals surface area contributed by atoms with Gasteiger partial charge in [0, 0.05) is 119 Å². The van der Waals surface area contributed by atoms with Gasteiger partial charge in [-0.3, -0.25) is 0 Å². The molecule has 0 saturated carbocycles. The predicted octanol–water partition coefficient (Wildman–Crippen LogP) is 22.9. The van der Waals surface area contributed by atoms with Crippen molar-refractivity contribution in [3.05, 3.63) is 230 Å². The van der Waals surface area contributed by atoms with Crippen LogP contribution in [0.3, 0.4) is 0 Å². The molecule has 16 rings (SSSR count). The van der Waals surface area contributed by atoms with Crippen LogP contribution in [0.15, 0.2) is 227 Å². The van der Waals surface area contributed by atoms with Crippen LogP contribution in [0.25, 0.3) is 117 Å². The van der Waals surface area contributed by atoms with Gasteiger partial charge in [0.05, 0.1) is 0 Å². The molecule has 0 aliphatic rings. The summed E-state index contributed by atoms with van der Waals surface area (Å²) < 4.78 is 18.5. The molecule has 0 bridgehead atoms. The maximum atomic E-state index is 6.73. The van der Waals surface area contributed by atoms with Crippen LogP contribution in [-0.4, -0.2) is 0 Å². The minimum Gasteiger partial charge on any atom is -0.455 e. The topological polar surface area (TPSA) is 32.8 Å². The number of hydrogen-bond donors (Lipinski definition) is 0. The maximum absolute atomic E-state index is 6.73. The van der Waals surface area contributed by atoms with Crippen LogP contribution in [0, 0.1) is 0 Å². The summed E-state index contributed by atoms with van der Waals surface area (Å²) in [6.45, 7) is 9.00. The zero-order valence-electron chi connectivity index (χ0n) is 43.5. The van der Waals surface area contributed by atoms with Gasteiger partial charge in [0.15, 0.2) is 0 Å². The van der Waals surface area contributed by atoms with Crippen LogP contribution in [0.1, 0.15) is 50.7 Å². The second kappa shape index (κ2) is 17.3. The molecule has 0 aliphatic carbocycles. The number of benzene rings is 12. The Kier molecular flexibility index (Phi) is 10.0. The van der Waals surface area contributed by atoms with E-state index in [1.165, 1.54) is 73.0 Å². The summed E-state index contributed by atoms with van der Waals surface area (Å²) in [6.07, 6.45) is 0. The van der Waals surface area contributed by atoms with Crippen LogP contribution in [0.2, 0.25) is 0 Å². The van der Waals surface area contributed by atoms with Crippen LogP contribution in [-0.2, 0) is 0 Å². The number of thiophene rings is 2.